The van der Waals surface area contributed by atoms with E-state index in [4.69, 9.17) is 23.7 Å². The Morgan fingerprint density at radius 2 is 1.66 bits per heavy atom. The Balaban J connectivity index is 1.53. The Labute approximate surface area is 176 Å². The topological polar surface area (TPSA) is 46.2 Å². The standard InChI is InChI=1S/C23H28O5S/c1-15-19-20(28-23(2,3)27-19)21(22(26-15)29-18-8-6-5-7-9-18)25-14-16-10-12-17(24-4)13-11-16/h5-13,15,19-22H,14H2,1-4H3/t15-,19+,20+,21-,22+/m0/s1. The molecule has 0 bridgehead atoms. The molecule has 2 saturated heterocycles. The summed E-state index contributed by atoms with van der Waals surface area (Å²) in [5.74, 6) is 0.177. The Hall–Kier alpha value is -1.57. The van der Waals surface area contributed by atoms with Crippen LogP contribution < -0.4 is 4.74 Å². The van der Waals surface area contributed by atoms with Gasteiger partial charge in [-0.05, 0) is 50.6 Å². The molecule has 0 N–H and O–H groups in total. The van der Waals surface area contributed by atoms with E-state index in [1.165, 1.54) is 0 Å². The van der Waals surface area contributed by atoms with Crippen molar-refractivity contribution < 1.29 is 23.7 Å². The van der Waals surface area contributed by atoms with Gasteiger partial charge in [0.25, 0.3) is 0 Å². The molecule has 2 aliphatic heterocycles. The van der Waals surface area contributed by atoms with E-state index in [9.17, 15) is 0 Å². The van der Waals surface area contributed by atoms with Crippen LogP contribution in [0, 0.1) is 0 Å². The minimum Gasteiger partial charge on any atom is -0.497 e. The van der Waals surface area contributed by atoms with Gasteiger partial charge in [0.15, 0.2) is 5.79 Å². The Morgan fingerprint density at radius 3 is 2.34 bits per heavy atom. The first kappa shape index (κ1) is 20.7. The monoisotopic (exact) mass is 416 g/mol. The predicted molar refractivity (Wildman–Crippen MR) is 112 cm³/mol. The zero-order valence-corrected chi connectivity index (χ0v) is 18.1. The Kier molecular flexibility index (Phi) is 6.18. The molecule has 5 nitrogen and oxygen atoms in total. The number of fused-ring (bicyclic) bond motifs is 1. The molecule has 0 unspecified atom stereocenters. The SMILES string of the molecule is COc1ccc(CO[C@H]2[C@@H]3OC(C)(C)O[C@@H]3[C@H](C)O[C@@H]2Sc2ccccc2)cc1. The van der Waals surface area contributed by atoms with Crippen molar-refractivity contribution >= 4 is 11.8 Å². The van der Waals surface area contributed by atoms with Crippen LogP contribution >= 0.6 is 11.8 Å². The van der Waals surface area contributed by atoms with Crippen LogP contribution in [0.15, 0.2) is 59.5 Å². The van der Waals surface area contributed by atoms with E-state index in [0.717, 1.165) is 16.2 Å². The summed E-state index contributed by atoms with van der Waals surface area (Å²) >= 11 is 1.66. The second-order valence-corrected chi connectivity index (χ2v) is 9.00. The van der Waals surface area contributed by atoms with E-state index in [-0.39, 0.29) is 29.9 Å². The van der Waals surface area contributed by atoms with Crippen LogP contribution in [0.4, 0.5) is 0 Å². The molecule has 156 valence electrons. The molecule has 0 radical (unpaired) electrons. The van der Waals surface area contributed by atoms with Crippen LogP contribution in [0.2, 0.25) is 0 Å². The molecule has 2 heterocycles. The van der Waals surface area contributed by atoms with Crippen LogP contribution in [0.25, 0.3) is 0 Å². The number of ether oxygens (including phenoxy) is 5. The third kappa shape index (κ3) is 4.78. The van der Waals surface area contributed by atoms with Gasteiger partial charge in [0.2, 0.25) is 0 Å². The van der Waals surface area contributed by atoms with Gasteiger partial charge in [-0.3, -0.25) is 0 Å². The predicted octanol–water partition coefficient (Wildman–Crippen LogP) is 4.64. The summed E-state index contributed by atoms with van der Waals surface area (Å²) in [4.78, 5) is 1.14. The van der Waals surface area contributed by atoms with Gasteiger partial charge in [0.1, 0.15) is 29.5 Å². The van der Waals surface area contributed by atoms with Crippen LogP contribution in [0.5, 0.6) is 5.75 Å². The second kappa shape index (κ2) is 8.66. The highest BCUT2D eigenvalue weighted by atomic mass is 32.2. The van der Waals surface area contributed by atoms with Crippen molar-refractivity contribution in [2.75, 3.05) is 7.11 Å². The smallest absolute Gasteiger partial charge is 0.164 e. The number of thioether (sulfide) groups is 1. The number of rotatable bonds is 6. The average Bonchev–Trinajstić information content (AvgIpc) is 3.05. The maximum atomic E-state index is 6.39. The van der Waals surface area contributed by atoms with Crippen LogP contribution in [0.3, 0.4) is 0 Å². The van der Waals surface area contributed by atoms with E-state index >= 15 is 0 Å². The fraction of sp³-hybridized carbons (Fsp3) is 0.478. The highest BCUT2D eigenvalue weighted by Crippen LogP contribution is 2.43. The molecule has 0 aromatic heterocycles. The van der Waals surface area contributed by atoms with E-state index in [2.05, 4.69) is 12.1 Å². The Bertz CT molecular complexity index is 795. The zero-order valence-electron chi connectivity index (χ0n) is 17.2. The lowest BCUT2D eigenvalue weighted by atomic mass is 10.0. The maximum absolute atomic E-state index is 6.39. The Morgan fingerprint density at radius 1 is 0.966 bits per heavy atom. The van der Waals surface area contributed by atoms with Gasteiger partial charge in [-0.1, -0.05) is 42.1 Å². The minimum absolute atomic E-state index is 0.0798. The van der Waals surface area contributed by atoms with Crippen molar-refractivity contribution in [1.29, 1.82) is 0 Å². The number of hydrogen-bond acceptors (Lipinski definition) is 6. The third-order valence-electron chi connectivity index (χ3n) is 5.16. The van der Waals surface area contributed by atoms with Gasteiger partial charge in [0, 0.05) is 4.90 Å². The summed E-state index contributed by atoms with van der Waals surface area (Å²) in [6.07, 6.45) is -0.680. The first-order valence-corrected chi connectivity index (χ1v) is 10.8. The lowest BCUT2D eigenvalue weighted by Crippen LogP contribution is -2.55. The van der Waals surface area contributed by atoms with Gasteiger partial charge in [-0.15, -0.1) is 0 Å². The molecular weight excluding hydrogens is 388 g/mol. The summed E-state index contributed by atoms with van der Waals surface area (Å²) < 4.78 is 30.4. The molecule has 0 spiro atoms. The van der Waals surface area contributed by atoms with Gasteiger partial charge >= 0.3 is 0 Å². The van der Waals surface area contributed by atoms with Crippen LogP contribution in [-0.2, 0) is 25.6 Å². The summed E-state index contributed by atoms with van der Waals surface area (Å²) in [6, 6.07) is 18.1. The lowest BCUT2D eigenvalue weighted by molar-refractivity contribution is -0.175. The highest BCUT2D eigenvalue weighted by Gasteiger charge is 2.54. The zero-order chi connectivity index (χ0) is 20.4. The molecule has 4 rings (SSSR count). The normalized spacial score (nSPS) is 30.7. The van der Waals surface area contributed by atoms with Crippen molar-refractivity contribution in [3.63, 3.8) is 0 Å². The second-order valence-electron chi connectivity index (χ2n) is 7.83. The van der Waals surface area contributed by atoms with Gasteiger partial charge in [-0.2, -0.15) is 0 Å². The first-order chi connectivity index (χ1) is 13.9. The number of hydrogen-bond donors (Lipinski definition) is 0. The van der Waals surface area contributed by atoms with Gasteiger partial charge in [-0.25, -0.2) is 0 Å². The quantitative estimate of drug-likeness (QED) is 0.684. The molecule has 0 saturated carbocycles. The molecular formula is C23H28O5S. The average molecular weight is 417 g/mol. The summed E-state index contributed by atoms with van der Waals surface area (Å²) in [5, 5.41) is 0. The fourth-order valence-corrected chi connectivity index (χ4v) is 4.95. The largest absolute Gasteiger partial charge is 0.497 e. The maximum Gasteiger partial charge on any atom is 0.164 e. The van der Waals surface area contributed by atoms with Gasteiger partial charge < -0.3 is 23.7 Å². The first-order valence-electron chi connectivity index (χ1n) is 9.92. The molecule has 2 aromatic carbocycles. The van der Waals surface area contributed by atoms with E-state index < -0.39 is 5.79 Å². The lowest BCUT2D eigenvalue weighted by Gasteiger charge is -2.40. The van der Waals surface area contributed by atoms with Crippen molar-refractivity contribution in [1.82, 2.24) is 0 Å². The van der Waals surface area contributed by atoms with Gasteiger partial charge in [0.05, 0.1) is 19.8 Å². The van der Waals surface area contributed by atoms with Crippen molar-refractivity contribution in [3.8, 4) is 5.75 Å². The summed E-state index contributed by atoms with van der Waals surface area (Å²) in [7, 11) is 1.66. The molecule has 2 aliphatic rings. The minimum atomic E-state index is -0.652. The van der Waals surface area contributed by atoms with Crippen LogP contribution in [-0.4, -0.2) is 42.7 Å². The highest BCUT2D eigenvalue weighted by molar-refractivity contribution is 7.99. The molecule has 2 fully saturated rings. The van der Waals surface area contributed by atoms with Crippen molar-refractivity contribution in [3.05, 3.63) is 60.2 Å². The third-order valence-corrected chi connectivity index (χ3v) is 6.32. The fourth-order valence-electron chi connectivity index (χ4n) is 3.77. The van der Waals surface area contributed by atoms with E-state index in [1.54, 1.807) is 18.9 Å². The summed E-state index contributed by atoms with van der Waals surface area (Å²) in [5.41, 5.74) is 0.881. The molecule has 5 atom stereocenters. The number of benzene rings is 2. The molecule has 0 amide bonds. The van der Waals surface area contributed by atoms with E-state index in [1.807, 2.05) is 63.2 Å². The molecule has 0 aliphatic carbocycles. The molecule has 2 aromatic rings. The number of methoxy groups -OCH3 is 1. The van der Waals surface area contributed by atoms with Crippen LogP contribution in [0.1, 0.15) is 26.3 Å². The summed E-state index contributed by atoms with van der Waals surface area (Å²) in [6.45, 7) is 6.39. The molecule has 29 heavy (non-hydrogen) atoms. The van der Waals surface area contributed by atoms with E-state index in [0.29, 0.717) is 6.61 Å². The molecule has 6 heteroatoms. The van der Waals surface area contributed by atoms with Crippen molar-refractivity contribution in [2.24, 2.45) is 0 Å². The van der Waals surface area contributed by atoms with Crippen molar-refractivity contribution in [2.45, 2.75) is 67.9 Å².